The van der Waals surface area contributed by atoms with Crippen LogP contribution in [0.3, 0.4) is 0 Å². The zero-order chi connectivity index (χ0) is 22.7. The van der Waals surface area contributed by atoms with E-state index in [1.807, 2.05) is 24.3 Å². The summed E-state index contributed by atoms with van der Waals surface area (Å²) in [7, 11) is -3.79. The lowest BCUT2D eigenvalue weighted by molar-refractivity contribution is 0.122. The Morgan fingerprint density at radius 1 is 0.818 bits per heavy atom. The number of sulfonamides is 1. The third kappa shape index (κ3) is 4.81. The van der Waals surface area contributed by atoms with Crippen LogP contribution in [0.1, 0.15) is 11.3 Å². The van der Waals surface area contributed by atoms with E-state index in [0.717, 1.165) is 43.1 Å². The average molecular weight is 461 g/mol. The van der Waals surface area contributed by atoms with E-state index >= 15 is 0 Å². The van der Waals surface area contributed by atoms with E-state index in [9.17, 15) is 8.42 Å². The van der Waals surface area contributed by atoms with Crippen molar-refractivity contribution in [2.45, 2.75) is 11.3 Å². The zero-order valence-corrected chi connectivity index (χ0v) is 18.8. The third-order valence-electron chi connectivity index (χ3n) is 5.61. The first-order valence-corrected chi connectivity index (χ1v) is 12.3. The molecule has 5 rings (SSSR count). The highest BCUT2D eigenvalue weighted by Crippen LogP contribution is 2.24. The Hall–Kier alpha value is -3.49. The number of hydrogen-bond acceptors (Lipinski definition) is 6. The van der Waals surface area contributed by atoms with Crippen molar-refractivity contribution in [1.29, 1.82) is 0 Å². The smallest absolute Gasteiger partial charge is 0.263 e. The van der Waals surface area contributed by atoms with Crippen LogP contribution < -0.4 is 9.62 Å². The number of rotatable bonds is 6. The third-order valence-corrected chi connectivity index (χ3v) is 6.97. The van der Waals surface area contributed by atoms with Gasteiger partial charge in [0.1, 0.15) is 0 Å². The van der Waals surface area contributed by atoms with Crippen LogP contribution in [0.5, 0.6) is 0 Å². The minimum Gasteiger partial charge on any atom is -0.378 e. The molecule has 0 atom stereocenters. The van der Waals surface area contributed by atoms with Crippen molar-refractivity contribution in [2.24, 2.45) is 0 Å². The molecular weight excluding hydrogens is 436 g/mol. The van der Waals surface area contributed by atoms with Crippen LogP contribution in [0, 0.1) is 0 Å². The minimum atomic E-state index is -3.79. The maximum absolute atomic E-state index is 13.0. The van der Waals surface area contributed by atoms with Crippen molar-refractivity contribution in [1.82, 2.24) is 9.97 Å². The summed E-state index contributed by atoms with van der Waals surface area (Å²) in [5.41, 5.74) is 4.11. The van der Waals surface area contributed by atoms with Crippen LogP contribution in [0.4, 0.5) is 11.5 Å². The summed E-state index contributed by atoms with van der Waals surface area (Å²) >= 11 is 0. The molecule has 1 aromatic heterocycles. The van der Waals surface area contributed by atoms with E-state index in [1.165, 1.54) is 0 Å². The highest BCUT2D eigenvalue weighted by atomic mass is 32.2. The Kier molecular flexibility index (Phi) is 5.93. The molecule has 0 bridgehead atoms. The zero-order valence-electron chi connectivity index (χ0n) is 18.0. The first kappa shape index (κ1) is 21.4. The summed E-state index contributed by atoms with van der Waals surface area (Å²) in [6.45, 7) is 3.22. The lowest BCUT2D eigenvalue weighted by Gasteiger charge is -2.28. The molecule has 1 N–H and O–H groups in total. The van der Waals surface area contributed by atoms with Crippen LogP contribution in [0.25, 0.3) is 11.0 Å². The number of para-hydroxylation sites is 2. The van der Waals surface area contributed by atoms with Gasteiger partial charge in [0.15, 0.2) is 5.82 Å². The molecule has 0 amide bonds. The van der Waals surface area contributed by atoms with Gasteiger partial charge in [-0.3, -0.25) is 4.72 Å². The molecule has 33 heavy (non-hydrogen) atoms. The van der Waals surface area contributed by atoms with Crippen molar-refractivity contribution in [3.63, 3.8) is 0 Å². The van der Waals surface area contributed by atoms with Gasteiger partial charge in [-0.15, -0.1) is 0 Å². The number of aromatic nitrogens is 2. The normalized spacial score (nSPS) is 14.4. The highest BCUT2D eigenvalue weighted by Gasteiger charge is 2.19. The molecule has 7 nitrogen and oxygen atoms in total. The number of anilines is 2. The van der Waals surface area contributed by atoms with E-state index in [-0.39, 0.29) is 10.7 Å². The van der Waals surface area contributed by atoms with E-state index in [1.54, 1.807) is 30.3 Å². The van der Waals surface area contributed by atoms with Crippen molar-refractivity contribution in [3.8, 4) is 0 Å². The Balaban J connectivity index is 1.46. The number of fused-ring (bicyclic) bond motifs is 1. The van der Waals surface area contributed by atoms with Gasteiger partial charge in [-0.05, 0) is 42.0 Å². The second kappa shape index (κ2) is 9.17. The Morgan fingerprint density at radius 2 is 1.45 bits per heavy atom. The lowest BCUT2D eigenvalue weighted by atomic mass is 10.1. The molecule has 2 heterocycles. The fourth-order valence-electron chi connectivity index (χ4n) is 3.87. The molecule has 0 spiro atoms. The molecule has 0 unspecified atom stereocenters. The van der Waals surface area contributed by atoms with Gasteiger partial charge < -0.3 is 9.64 Å². The summed E-state index contributed by atoms with van der Waals surface area (Å²) in [6.07, 6.45) is 0.452. The lowest BCUT2D eigenvalue weighted by Crippen LogP contribution is -2.36. The molecular formula is C25H24N4O3S. The molecule has 4 aromatic rings. The van der Waals surface area contributed by atoms with Gasteiger partial charge in [-0.2, -0.15) is 0 Å². The van der Waals surface area contributed by atoms with Gasteiger partial charge in [0, 0.05) is 25.2 Å². The summed E-state index contributed by atoms with van der Waals surface area (Å²) in [5.74, 6) is 0.245. The number of nitrogens with one attached hydrogen (secondary N) is 1. The second-order valence-electron chi connectivity index (χ2n) is 7.87. The second-order valence-corrected chi connectivity index (χ2v) is 9.55. The molecule has 1 aliphatic heterocycles. The monoisotopic (exact) mass is 460 g/mol. The van der Waals surface area contributed by atoms with Crippen LogP contribution in [0.15, 0.2) is 83.8 Å². The number of morpholine rings is 1. The van der Waals surface area contributed by atoms with Crippen molar-refractivity contribution in [3.05, 3.63) is 90.1 Å². The number of ether oxygens (including phenoxy) is 1. The van der Waals surface area contributed by atoms with E-state index in [0.29, 0.717) is 17.6 Å². The molecule has 168 valence electrons. The van der Waals surface area contributed by atoms with Crippen molar-refractivity contribution >= 4 is 32.6 Å². The largest absolute Gasteiger partial charge is 0.378 e. The Bertz CT molecular complexity index is 1350. The summed E-state index contributed by atoms with van der Waals surface area (Å²) in [6, 6.07) is 24.0. The molecule has 0 saturated carbocycles. The van der Waals surface area contributed by atoms with Gasteiger partial charge in [0.25, 0.3) is 10.0 Å². The minimum absolute atomic E-state index is 0.181. The highest BCUT2D eigenvalue weighted by molar-refractivity contribution is 7.92. The summed E-state index contributed by atoms with van der Waals surface area (Å²) in [4.78, 5) is 11.8. The standard InChI is InChI=1S/C25H24N4O3S/c30-33(31,21-6-2-1-3-7-21)28-25-24(26-22-8-4-5-9-23(22)27-25)18-19-10-12-20(13-11-19)29-14-16-32-17-15-29/h1-13H,14-18H2,(H,27,28). The Morgan fingerprint density at radius 3 is 2.15 bits per heavy atom. The molecule has 0 radical (unpaired) electrons. The maximum Gasteiger partial charge on any atom is 0.263 e. The number of benzene rings is 3. The van der Waals surface area contributed by atoms with Gasteiger partial charge in [0.2, 0.25) is 0 Å². The van der Waals surface area contributed by atoms with E-state index < -0.39 is 10.0 Å². The topological polar surface area (TPSA) is 84.4 Å². The first-order valence-electron chi connectivity index (χ1n) is 10.8. The molecule has 1 aliphatic rings. The predicted molar refractivity (Wildman–Crippen MR) is 129 cm³/mol. The first-order chi connectivity index (χ1) is 16.1. The quantitative estimate of drug-likeness (QED) is 0.470. The van der Waals surface area contributed by atoms with Crippen molar-refractivity contribution < 1.29 is 13.2 Å². The van der Waals surface area contributed by atoms with E-state index in [2.05, 4.69) is 38.9 Å². The fraction of sp³-hybridized carbons (Fsp3) is 0.200. The fourth-order valence-corrected chi connectivity index (χ4v) is 4.92. The molecule has 1 fully saturated rings. The maximum atomic E-state index is 13.0. The van der Waals surface area contributed by atoms with Crippen LogP contribution in [-0.4, -0.2) is 44.7 Å². The van der Waals surface area contributed by atoms with Gasteiger partial charge >= 0.3 is 0 Å². The molecule has 0 aliphatic carbocycles. The SMILES string of the molecule is O=S(=O)(Nc1nc2ccccc2nc1Cc1ccc(N2CCOCC2)cc1)c1ccccc1. The van der Waals surface area contributed by atoms with Crippen LogP contribution in [-0.2, 0) is 21.2 Å². The predicted octanol–water partition coefficient (Wildman–Crippen LogP) is 3.86. The molecule has 3 aromatic carbocycles. The van der Waals surface area contributed by atoms with Crippen LogP contribution in [0.2, 0.25) is 0 Å². The van der Waals surface area contributed by atoms with Crippen LogP contribution >= 0.6 is 0 Å². The van der Waals surface area contributed by atoms with E-state index in [4.69, 9.17) is 9.72 Å². The summed E-state index contributed by atoms with van der Waals surface area (Å²) < 4.78 is 34.0. The molecule has 1 saturated heterocycles. The Labute approximate surface area is 193 Å². The summed E-state index contributed by atoms with van der Waals surface area (Å²) in [5, 5.41) is 0. The van der Waals surface area contributed by atoms with Gasteiger partial charge in [-0.1, -0.05) is 42.5 Å². The van der Waals surface area contributed by atoms with Gasteiger partial charge in [0.05, 0.1) is 34.8 Å². The van der Waals surface area contributed by atoms with Gasteiger partial charge in [-0.25, -0.2) is 18.4 Å². The molecule has 8 heteroatoms. The average Bonchev–Trinajstić information content (AvgIpc) is 2.86. The number of hydrogen-bond donors (Lipinski definition) is 1. The van der Waals surface area contributed by atoms with Crippen molar-refractivity contribution in [2.75, 3.05) is 35.9 Å². The number of nitrogens with zero attached hydrogens (tertiary/aromatic N) is 3.